The van der Waals surface area contributed by atoms with E-state index in [4.69, 9.17) is 0 Å². The second-order valence-electron chi connectivity index (χ2n) is 6.30. The maximum Gasteiger partial charge on any atom is 0.0169 e. The lowest BCUT2D eigenvalue weighted by Crippen LogP contribution is -2.47. The molecule has 0 aliphatic carbocycles. The van der Waals surface area contributed by atoms with Crippen LogP contribution in [-0.2, 0) is 0 Å². The van der Waals surface area contributed by atoms with E-state index in [0.717, 1.165) is 12.5 Å². The standard InChI is InChI=1S/C15H33N3/c1-6-9-18-10-7-15(8-11-18)14(3)16-13(2)12-17(4)5/h13-16H,6-12H2,1-5H3. The van der Waals surface area contributed by atoms with Gasteiger partial charge in [0.1, 0.15) is 0 Å². The van der Waals surface area contributed by atoms with E-state index in [2.05, 4.69) is 50.0 Å². The van der Waals surface area contributed by atoms with E-state index in [1.54, 1.807) is 0 Å². The zero-order valence-corrected chi connectivity index (χ0v) is 13.1. The highest BCUT2D eigenvalue weighted by atomic mass is 15.1. The van der Waals surface area contributed by atoms with Crippen molar-refractivity contribution >= 4 is 0 Å². The van der Waals surface area contributed by atoms with Crippen molar-refractivity contribution in [3.63, 3.8) is 0 Å². The fraction of sp³-hybridized carbons (Fsp3) is 1.00. The van der Waals surface area contributed by atoms with Gasteiger partial charge in [-0.1, -0.05) is 6.92 Å². The number of likely N-dealkylation sites (tertiary alicyclic amines) is 1. The Balaban J connectivity index is 2.25. The molecule has 1 aliphatic rings. The predicted octanol–water partition coefficient (Wildman–Crippen LogP) is 2.04. The summed E-state index contributed by atoms with van der Waals surface area (Å²) in [6.07, 6.45) is 4.02. The van der Waals surface area contributed by atoms with Crippen molar-refractivity contribution < 1.29 is 0 Å². The van der Waals surface area contributed by atoms with Gasteiger partial charge < -0.3 is 15.1 Å². The molecule has 1 saturated heterocycles. The highest BCUT2D eigenvalue weighted by Crippen LogP contribution is 2.21. The third-order valence-electron chi connectivity index (χ3n) is 4.07. The minimum atomic E-state index is 0.587. The Morgan fingerprint density at radius 1 is 1.22 bits per heavy atom. The van der Waals surface area contributed by atoms with Gasteiger partial charge in [-0.2, -0.15) is 0 Å². The minimum Gasteiger partial charge on any atom is -0.310 e. The Morgan fingerprint density at radius 3 is 2.33 bits per heavy atom. The van der Waals surface area contributed by atoms with Crippen LogP contribution in [0.5, 0.6) is 0 Å². The number of likely N-dealkylation sites (N-methyl/N-ethyl adjacent to an activating group) is 1. The molecule has 0 spiro atoms. The molecule has 18 heavy (non-hydrogen) atoms. The smallest absolute Gasteiger partial charge is 0.0169 e. The zero-order valence-electron chi connectivity index (χ0n) is 13.1. The van der Waals surface area contributed by atoms with Gasteiger partial charge >= 0.3 is 0 Å². The molecule has 3 nitrogen and oxygen atoms in total. The van der Waals surface area contributed by atoms with Crippen molar-refractivity contribution in [1.29, 1.82) is 0 Å². The van der Waals surface area contributed by atoms with Crippen molar-refractivity contribution in [3.8, 4) is 0 Å². The first-order valence-electron chi connectivity index (χ1n) is 7.66. The molecule has 1 fully saturated rings. The molecule has 108 valence electrons. The van der Waals surface area contributed by atoms with Crippen LogP contribution in [0.2, 0.25) is 0 Å². The van der Waals surface area contributed by atoms with Gasteiger partial charge in [0.25, 0.3) is 0 Å². The second-order valence-corrected chi connectivity index (χ2v) is 6.30. The van der Waals surface area contributed by atoms with Crippen molar-refractivity contribution in [2.24, 2.45) is 5.92 Å². The van der Waals surface area contributed by atoms with Crippen LogP contribution in [0.15, 0.2) is 0 Å². The lowest BCUT2D eigenvalue weighted by molar-refractivity contribution is 0.157. The molecule has 1 N–H and O–H groups in total. The van der Waals surface area contributed by atoms with Crippen molar-refractivity contribution in [2.45, 2.75) is 52.1 Å². The van der Waals surface area contributed by atoms with Crippen molar-refractivity contribution in [1.82, 2.24) is 15.1 Å². The first-order valence-corrected chi connectivity index (χ1v) is 7.66. The Hall–Kier alpha value is -0.120. The average Bonchev–Trinajstić information content (AvgIpc) is 2.29. The van der Waals surface area contributed by atoms with Gasteiger partial charge in [0.05, 0.1) is 0 Å². The van der Waals surface area contributed by atoms with Crippen LogP contribution in [0, 0.1) is 5.92 Å². The third-order valence-corrected chi connectivity index (χ3v) is 4.07. The summed E-state index contributed by atoms with van der Waals surface area (Å²) in [7, 11) is 4.29. The Kier molecular flexibility index (Phi) is 7.20. The van der Waals surface area contributed by atoms with E-state index >= 15 is 0 Å². The average molecular weight is 255 g/mol. The van der Waals surface area contributed by atoms with Crippen LogP contribution in [-0.4, -0.2) is 62.2 Å². The first kappa shape index (κ1) is 15.9. The molecular weight excluding hydrogens is 222 g/mol. The molecule has 1 heterocycles. The normalized spacial score (nSPS) is 22.3. The fourth-order valence-electron chi connectivity index (χ4n) is 3.18. The Morgan fingerprint density at radius 2 is 1.83 bits per heavy atom. The summed E-state index contributed by atoms with van der Waals surface area (Å²) in [5.74, 6) is 0.864. The van der Waals surface area contributed by atoms with Gasteiger partial charge in [-0.15, -0.1) is 0 Å². The summed E-state index contributed by atoms with van der Waals surface area (Å²) < 4.78 is 0. The molecule has 2 unspecified atom stereocenters. The number of hydrogen-bond donors (Lipinski definition) is 1. The minimum absolute atomic E-state index is 0.587. The van der Waals surface area contributed by atoms with Crippen LogP contribution >= 0.6 is 0 Å². The van der Waals surface area contributed by atoms with E-state index in [-0.39, 0.29) is 0 Å². The van der Waals surface area contributed by atoms with Crippen LogP contribution in [0.4, 0.5) is 0 Å². The number of nitrogens with zero attached hydrogens (tertiary/aromatic N) is 2. The van der Waals surface area contributed by atoms with Crippen molar-refractivity contribution in [2.75, 3.05) is 40.3 Å². The lowest BCUT2D eigenvalue weighted by Gasteiger charge is -2.36. The number of nitrogens with one attached hydrogen (secondary N) is 1. The van der Waals surface area contributed by atoms with E-state index in [0.29, 0.717) is 12.1 Å². The van der Waals surface area contributed by atoms with Crippen molar-refractivity contribution in [3.05, 3.63) is 0 Å². The van der Waals surface area contributed by atoms with Gasteiger partial charge in [-0.05, 0) is 72.8 Å². The quantitative estimate of drug-likeness (QED) is 0.751. The van der Waals surface area contributed by atoms with Gasteiger partial charge in [-0.3, -0.25) is 0 Å². The summed E-state index contributed by atoms with van der Waals surface area (Å²) in [6.45, 7) is 11.9. The molecule has 0 aromatic carbocycles. The highest BCUT2D eigenvalue weighted by molar-refractivity contribution is 4.81. The summed E-state index contributed by atoms with van der Waals surface area (Å²) in [4.78, 5) is 4.88. The topological polar surface area (TPSA) is 18.5 Å². The summed E-state index contributed by atoms with van der Waals surface area (Å²) in [5.41, 5.74) is 0. The van der Waals surface area contributed by atoms with Gasteiger partial charge in [0, 0.05) is 18.6 Å². The van der Waals surface area contributed by atoms with E-state index in [1.807, 2.05) is 0 Å². The number of rotatable bonds is 7. The number of hydrogen-bond acceptors (Lipinski definition) is 3. The van der Waals surface area contributed by atoms with Crippen LogP contribution in [0.25, 0.3) is 0 Å². The van der Waals surface area contributed by atoms with Gasteiger partial charge in [-0.25, -0.2) is 0 Å². The molecular formula is C15H33N3. The van der Waals surface area contributed by atoms with Crippen LogP contribution in [0.1, 0.15) is 40.0 Å². The van der Waals surface area contributed by atoms with E-state index in [9.17, 15) is 0 Å². The largest absolute Gasteiger partial charge is 0.310 e. The third kappa shape index (κ3) is 5.68. The predicted molar refractivity (Wildman–Crippen MR) is 80.1 cm³/mol. The van der Waals surface area contributed by atoms with E-state index < -0.39 is 0 Å². The molecule has 1 aliphatic heterocycles. The molecule has 0 radical (unpaired) electrons. The van der Waals surface area contributed by atoms with E-state index in [1.165, 1.54) is 38.9 Å². The van der Waals surface area contributed by atoms with Gasteiger partial charge in [0.2, 0.25) is 0 Å². The van der Waals surface area contributed by atoms with Gasteiger partial charge in [0.15, 0.2) is 0 Å². The summed E-state index contributed by atoms with van der Waals surface area (Å²) in [6, 6.07) is 1.24. The second kappa shape index (κ2) is 8.13. The monoisotopic (exact) mass is 255 g/mol. The highest BCUT2D eigenvalue weighted by Gasteiger charge is 2.24. The SMILES string of the molecule is CCCN1CCC(C(C)NC(C)CN(C)C)CC1. The molecule has 1 rings (SSSR count). The fourth-order valence-corrected chi connectivity index (χ4v) is 3.18. The number of piperidine rings is 1. The first-order chi connectivity index (χ1) is 8.52. The Bertz CT molecular complexity index is 210. The maximum atomic E-state index is 3.77. The molecule has 3 heteroatoms. The summed E-state index contributed by atoms with van der Waals surface area (Å²) >= 11 is 0. The van der Waals surface area contributed by atoms with Crippen LogP contribution in [0.3, 0.4) is 0 Å². The van der Waals surface area contributed by atoms with Crippen LogP contribution < -0.4 is 5.32 Å². The zero-order chi connectivity index (χ0) is 13.5. The Labute approximate surface area is 114 Å². The molecule has 0 aromatic heterocycles. The molecule has 0 saturated carbocycles. The molecule has 0 amide bonds. The summed E-state index contributed by atoms with van der Waals surface area (Å²) in [5, 5.41) is 3.77. The lowest BCUT2D eigenvalue weighted by atomic mass is 9.90. The molecule has 0 aromatic rings. The molecule has 0 bridgehead atoms. The molecule has 2 atom stereocenters. The maximum absolute atomic E-state index is 3.77.